The third-order valence-corrected chi connectivity index (χ3v) is 6.47. The minimum absolute atomic E-state index is 0.0349. The van der Waals surface area contributed by atoms with Crippen molar-refractivity contribution in [3.63, 3.8) is 0 Å². The predicted molar refractivity (Wildman–Crippen MR) is 120 cm³/mol. The number of hydrogen-bond acceptors (Lipinski definition) is 7. The van der Waals surface area contributed by atoms with Crippen LogP contribution in [0, 0.1) is 0 Å². The van der Waals surface area contributed by atoms with Crippen LogP contribution >= 0.6 is 11.3 Å². The number of nitrogens with zero attached hydrogens (tertiary/aromatic N) is 2. The van der Waals surface area contributed by atoms with Crippen LogP contribution in [0.3, 0.4) is 0 Å². The highest BCUT2D eigenvalue weighted by Crippen LogP contribution is 2.33. The lowest BCUT2D eigenvalue weighted by atomic mass is 10.0. The molecule has 0 aliphatic carbocycles. The number of likely N-dealkylation sites (tertiary alicyclic amines) is 1. The molecular weight excluding hydrogens is 414 g/mol. The molecule has 1 aliphatic rings. The topological polar surface area (TPSA) is 76.8 Å². The number of carbonyl (C=O) groups excluding carboxylic acids is 1. The lowest BCUT2D eigenvalue weighted by Gasteiger charge is -2.35. The Hall–Kier alpha value is -2.84. The average molecular weight is 442 g/mol. The molecule has 0 spiro atoms. The molecule has 0 saturated carbocycles. The van der Waals surface area contributed by atoms with Gasteiger partial charge in [0.1, 0.15) is 0 Å². The van der Waals surface area contributed by atoms with Crippen LogP contribution in [0.2, 0.25) is 0 Å². The molecule has 1 saturated heterocycles. The molecule has 1 atom stereocenters. The van der Waals surface area contributed by atoms with Crippen molar-refractivity contribution in [3.8, 4) is 22.1 Å². The van der Waals surface area contributed by atoms with Gasteiger partial charge in [-0.1, -0.05) is 23.7 Å². The monoisotopic (exact) mass is 441 g/mol. The Kier molecular flexibility index (Phi) is 6.89. The van der Waals surface area contributed by atoms with Gasteiger partial charge in [-0.05, 0) is 55.1 Å². The quantitative estimate of drug-likeness (QED) is 0.559. The maximum Gasteiger partial charge on any atom is 0.273 e. The first-order valence-corrected chi connectivity index (χ1v) is 11.3. The number of methoxy groups -OCH3 is 2. The summed E-state index contributed by atoms with van der Waals surface area (Å²) in [5, 5.41) is 8.96. The minimum Gasteiger partial charge on any atom is -0.493 e. The molecule has 1 aromatic carbocycles. The zero-order valence-corrected chi connectivity index (χ0v) is 18.6. The molecule has 0 bridgehead atoms. The Morgan fingerprint density at radius 2 is 1.97 bits per heavy atom. The van der Waals surface area contributed by atoms with E-state index in [4.69, 9.17) is 14.0 Å². The van der Waals surface area contributed by atoms with Crippen LogP contribution in [0.4, 0.5) is 0 Å². The van der Waals surface area contributed by atoms with Gasteiger partial charge in [0.2, 0.25) is 0 Å². The lowest BCUT2D eigenvalue weighted by molar-refractivity contribution is 0.0915. The van der Waals surface area contributed by atoms with E-state index in [-0.39, 0.29) is 17.6 Å². The molecule has 1 unspecified atom stereocenters. The van der Waals surface area contributed by atoms with Gasteiger partial charge in [-0.25, -0.2) is 0 Å². The third kappa shape index (κ3) is 4.91. The van der Waals surface area contributed by atoms with E-state index in [1.54, 1.807) is 31.6 Å². The summed E-state index contributed by atoms with van der Waals surface area (Å²) in [6, 6.07) is 11.6. The molecule has 1 amide bonds. The average Bonchev–Trinajstić information content (AvgIpc) is 3.52. The second-order valence-corrected chi connectivity index (χ2v) is 8.44. The summed E-state index contributed by atoms with van der Waals surface area (Å²) < 4.78 is 16.2. The number of amides is 1. The van der Waals surface area contributed by atoms with Crippen LogP contribution in [-0.2, 0) is 0 Å². The number of nitrogens with one attached hydrogen (secondary N) is 1. The van der Waals surface area contributed by atoms with Crippen LogP contribution < -0.4 is 14.8 Å². The van der Waals surface area contributed by atoms with Gasteiger partial charge in [0.25, 0.3) is 5.91 Å². The fourth-order valence-electron chi connectivity index (χ4n) is 3.94. The number of ether oxygens (including phenoxy) is 2. The van der Waals surface area contributed by atoms with Crippen molar-refractivity contribution < 1.29 is 18.8 Å². The molecule has 1 fully saturated rings. The maximum absolute atomic E-state index is 12.8. The Morgan fingerprint density at radius 3 is 2.68 bits per heavy atom. The summed E-state index contributed by atoms with van der Waals surface area (Å²) in [6.45, 7) is 2.47. The van der Waals surface area contributed by atoms with Gasteiger partial charge in [-0.3, -0.25) is 9.69 Å². The van der Waals surface area contributed by atoms with Crippen LogP contribution in [0.15, 0.2) is 46.3 Å². The summed E-state index contributed by atoms with van der Waals surface area (Å²) in [6.07, 6.45) is 3.56. The molecule has 2 aromatic heterocycles. The maximum atomic E-state index is 12.8. The Labute approximate surface area is 185 Å². The molecule has 31 heavy (non-hydrogen) atoms. The molecular formula is C23H27N3O4S. The van der Waals surface area contributed by atoms with Crippen LogP contribution in [0.1, 0.15) is 41.4 Å². The first-order valence-electron chi connectivity index (χ1n) is 10.4. The van der Waals surface area contributed by atoms with Crippen LogP contribution in [-0.4, -0.2) is 49.8 Å². The molecule has 1 N–H and O–H groups in total. The van der Waals surface area contributed by atoms with Gasteiger partial charge >= 0.3 is 0 Å². The van der Waals surface area contributed by atoms with Crippen molar-refractivity contribution in [2.75, 3.05) is 33.9 Å². The van der Waals surface area contributed by atoms with Gasteiger partial charge in [0, 0.05) is 12.6 Å². The molecule has 7 nitrogen and oxygen atoms in total. The zero-order valence-electron chi connectivity index (χ0n) is 17.8. The highest BCUT2D eigenvalue weighted by atomic mass is 32.1. The summed E-state index contributed by atoms with van der Waals surface area (Å²) in [7, 11) is 3.26. The number of benzene rings is 1. The van der Waals surface area contributed by atoms with E-state index >= 15 is 0 Å². The van der Waals surface area contributed by atoms with Crippen LogP contribution in [0.5, 0.6) is 11.5 Å². The number of carbonyl (C=O) groups is 1. The summed E-state index contributed by atoms with van der Waals surface area (Å²) in [5.41, 5.74) is 1.37. The molecule has 0 radical (unpaired) electrons. The largest absolute Gasteiger partial charge is 0.493 e. The Morgan fingerprint density at radius 1 is 1.16 bits per heavy atom. The van der Waals surface area contributed by atoms with Gasteiger partial charge in [-0.15, -0.1) is 11.3 Å². The SMILES string of the molecule is COc1ccc(C(CNC(=O)c2cc(-c3cccs3)on2)N2CCCCC2)cc1OC. The van der Waals surface area contributed by atoms with Crippen LogP contribution in [0.25, 0.3) is 10.6 Å². The molecule has 3 heterocycles. The van der Waals surface area contributed by atoms with Gasteiger partial charge < -0.3 is 19.3 Å². The number of piperidine rings is 1. The number of thiophene rings is 1. The second-order valence-electron chi connectivity index (χ2n) is 7.49. The third-order valence-electron chi connectivity index (χ3n) is 5.59. The fourth-order valence-corrected chi connectivity index (χ4v) is 4.62. The van der Waals surface area contributed by atoms with E-state index in [2.05, 4.69) is 15.4 Å². The highest BCUT2D eigenvalue weighted by Gasteiger charge is 2.25. The number of rotatable bonds is 8. The second kappa shape index (κ2) is 9.98. The first kappa shape index (κ1) is 21.4. The molecule has 3 aromatic rings. The summed E-state index contributed by atoms with van der Waals surface area (Å²) in [4.78, 5) is 16.1. The lowest BCUT2D eigenvalue weighted by Crippen LogP contribution is -2.40. The van der Waals surface area contributed by atoms with Gasteiger partial charge in [0.05, 0.1) is 25.1 Å². The van der Waals surface area contributed by atoms with Crippen molar-refractivity contribution in [2.45, 2.75) is 25.3 Å². The van der Waals surface area contributed by atoms with Crippen molar-refractivity contribution in [1.82, 2.24) is 15.4 Å². The fraction of sp³-hybridized carbons (Fsp3) is 0.391. The smallest absolute Gasteiger partial charge is 0.273 e. The molecule has 164 valence electrons. The Balaban J connectivity index is 1.50. The van der Waals surface area contributed by atoms with Gasteiger partial charge in [0.15, 0.2) is 23.0 Å². The van der Waals surface area contributed by atoms with E-state index in [1.165, 1.54) is 6.42 Å². The van der Waals surface area contributed by atoms with E-state index in [0.29, 0.717) is 23.8 Å². The minimum atomic E-state index is -0.242. The van der Waals surface area contributed by atoms with Crippen molar-refractivity contribution in [2.24, 2.45) is 0 Å². The summed E-state index contributed by atoms with van der Waals surface area (Å²) in [5.74, 6) is 1.74. The number of hydrogen-bond donors (Lipinski definition) is 1. The van der Waals surface area contributed by atoms with Crippen molar-refractivity contribution in [3.05, 3.63) is 53.0 Å². The normalized spacial score (nSPS) is 15.4. The number of aromatic nitrogens is 1. The molecule has 4 rings (SSSR count). The van der Waals surface area contributed by atoms with E-state index < -0.39 is 0 Å². The van der Waals surface area contributed by atoms with E-state index in [0.717, 1.165) is 36.4 Å². The standard InChI is InChI=1S/C23H27N3O4S/c1-28-19-9-8-16(13-20(19)29-2)18(26-10-4-3-5-11-26)15-24-23(27)17-14-21(30-25-17)22-7-6-12-31-22/h6-9,12-14,18H,3-5,10-11,15H2,1-2H3,(H,24,27). The predicted octanol–water partition coefficient (Wildman–Crippen LogP) is 4.38. The van der Waals surface area contributed by atoms with Crippen molar-refractivity contribution in [1.29, 1.82) is 0 Å². The first-order chi connectivity index (χ1) is 15.2. The highest BCUT2D eigenvalue weighted by molar-refractivity contribution is 7.13. The summed E-state index contributed by atoms with van der Waals surface area (Å²) >= 11 is 1.55. The molecule has 1 aliphatic heterocycles. The van der Waals surface area contributed by atoms with E-state index in [9.17, 15) is 4.79 Å². The van der Waals surface area contributed by atoms with E-state index in [1.807, 2.05) is 35.7 Å². The van der Waals surface area contributed by atoms with Gasteiger partial charge in [-0.2, -0.15) is 0 Å². The Bertz CT molecular complexity index is 996. The van der Waals surface area contributed by atoms with Crippen molar-refractivity contribution >= 4 is 17.2 Å². The zero-order chi connectivity index (χ0) is 21.6. The molecule has 8 heteroatoms.